The lowest BCUT2D eigenvalue weighted by atomic mass is 10.0. The highest BCUT2D eigenvalue weighted by atomic mass is 33.1. The van der Waals surface area contributed by atoms with Gasteiger partial charge in [0.1, 0.15) is 18.2 Å². The Balaban J connectivity index is 1.53. The van der Waals surface area contributed by atoms with E-state index in [2.05, 4.69) is 21.9 Å². The zero-order valence-corrected chi connectivity index (χ0v) is 29.7. The van der Waals surface area contributed by atoms with Gasteiger partial charge in [0.05, 0.1) is 31.7 Å². The van der Waals surface area contributed by atoms with Crippen LogP contribution < -0.4 is 5.73 Å². The molecular weight excluding hydrogens is 601 g/mol. The Labute approximate surface area is 268 Å². The van der Waals surface area contributed by atoms with Crippen molar-refractivity contribution < 1.29 is 18.3 Å². The summed E-state index contributed by atoms with van der Waals surface area (Å²) < 4.78 is 32.9. The van der Waals surface area contributed by atoms with Gasteiger partial charge >= 0.3 is 7.60 Å². The van der Waals surface area contributed by atoms with E-state index in [0.29, 0.717) is 30.1 Å². The van der Waals surface area contributed by atoms with Crippen LogP contribution in [0.2, 0.25) is 0 Å². The van der Waals surface area contributed by atoms with Crippen LogP contribution in [0.5, 0.6) is 0 Å². The summed E-state index contributed by atoms with van der Waals surface area (Å²) in [7, 11) is 0.251. The maximum absolute atomic E-state index is 13.5. The molecule has 0 aromatic carbocycles. The lowest BCUT2D eigenvalue weighted by Crippen LogP contribution is -2.19. The first-order chi connectivity index (χ1) is 20.9. The van der Waals surface area contributed by atoms with E-state index < -0.39 is 7.60 Å². The van der Waals surface area contributed by atoms with Gasteiger partial charge in [-0.1, -0.05) is 119 Å². The summed E-state index contributed by atoms with van der Waals surface area (Å²) in [5.74, 6) is 2.24. The number of fused-ring (bicyclic) bond motifs is 1. The van der Waals surface area contributed by atoms with Crippen LogP contribution in [0, 0.1) is 0 Å². The number of ether oxygens (including phenoxy) is 1. The van der Waals surface area contributed by atoms with Crippen molar-refractivity contribution in [1.82, 2.24) is 19.5 Å². The molecule has 43 heavy (non-hydrogen) atoms. The van der Waals surface area contributed by atoms with Gasteiger partial charge in [-0.25, -0.2) is 15.0 Å². The standard InChI is InChI=1S/C31H58N5O4PS2/c1-5-7-8-9-10-11-12-13-14-15-16-17-18-19-21-42-43-22-20-39-41(37,40-27(3)6-2)26-38-28(4)23-36-25-35-29-30(32)33-24-34-31(29)36/h24-25,27-28H,5-23,26H2,1-4H3,(H2,32,33,34)/t27?,28-,41?/m1/s1. The quantitative estimate of drug-likeness (QED) is 0.0538. The van der Waals surface area contributed by atoms with Gasteiger partial charge in [-0.3, -0.25) is 4.57 Å². The van der Waals surface area contributed by atoms with E-state index in [-0.39, 0.29) is 18.6 Å². The van der Waals surface area contributed by atoms with E-state index in [1.165, 1.54) is 96.2 Å². The molecule has 248 valence electrons. The number of imidazole rings is 1. The van der Waals surface area contributed by atoms with Crippen molar-refractivity contribution in [3.05, 3.63) is 12.7 Å². The molecule has 2 rings (SSSR count). The van der Waals surface area contributed by atoms with E-state index >= 15 is 0 Å². The second-order valence-electron chi connectivity index (χ2n) is 11.4. The molecule has 3 atom stereocenters. The third-order valence-corrected chi connectivity index (χ3v) is 11.6. The number of nitrogens with two attached hydrogens (primary N) is 1. The Morgan fingerprint density at radius 1 is 0.837 bits per heavy atom. The summed E-state index contributed by atoms with van der Waals surface area (Å²) in [6.07, 6.45) is 22.6. The molecule has 0 saturated carbocycles. The minimum atomic E-state index is -3.40. The second-order valence-corrected chi connectivity index (χ2v) is 16.1. The van der Waals surface area contributed by atoms with Crippen molar-refractivity contribution in [2.45, 2.75) is 143 Å². The van der Waals surface area contributed by atoms with Crippen LogP contribution in [0.25, 0.3) is 11.2 Å². The normalized spacial score (nSPS) is 14.7. The van der Waals surface area contributed by atoms with E-state index in [0.717, 1.165) is 17.9 Å². The van der Waals surface area contributed by atoms with Crippen LogP contribution in [0.3, 0.4) is 0 Å². The number of rotatable bonds is 28. The molecule has 0 amide bonds. The smallest absolute Gasteiger partial charge is 0.356 e. The largest absolute Gasteiger partial charge is 0.382 e. The Hall–Kier alpha value is -0.840. The van der Waals surface area contributed by atoms with Gasteiger partial charge in [0.15, 0.2) is 11.5 Å². The fourth-order valence-electron chi connectivity index (χ4n) is 4.71. The third-order valence-electron chi connectivity index (χ3n) is 7.44. The van der Waals surface area contributed by atoms with Gasteiger partial charge in [-0.15, -0.1) is 0 Å². The summed E-state index contributed by atoms with van der Waals surface area (Å²) in [5.41, 5.74) is 7.09. The van der Waals surface area contributed by atoms with E-state index in [1.807, 2.05) is 36.1 Å². The van der Waals surface area contributed by atoms with E-state index in [4.69, 9.17) is 19.5 Å². The zero-order valence-electron chi connectivity index (χ0n) is 27.2. The lowest BCUT2D eigenvalue weighted by molar-refractivity contribution is 0.0597. The molecule has 0 radical (unpaired) electrons. The van der Waals surface area contributed by atoms with Gasteiger partial charge in [0.2, 0.25) is 0 Å². The molecule has 2 aromatic heterocycles. The summed E-state index contributed by atoms with van der Waals surface area (Å²) in [4.78, 5) is 12.5. The lowest BCUT2D eigenvalue weighted by Gasteiger charge is -2.23. The molecule has 9 nitrogen and oxygen atoms in total. The zero-order chi connectivity index (χ0) is 31.2. The van der Waals surface area contributed by atoms with Gasteiger partial charge in [0.25, 0.3) is 0 Å². The molecule has 0 aliphatic carbocycles. The number of nitrogens with zero attached hydrogens (tertiary/aromatic N) is 4. The first kappa shape index (κ1) is 38.3. The monoisotopic (exact) mass is 659 g/mol. The first-order valence-electron chi connectivity index (χ1n) is 16.6. The summed E-state index contributed by atoms with van der Waals surface area (Å²) in [6, 6.07) is 0. The number of hydrogen-bond donors (Lipinski definition) is 1. The number of hydrogen-bond acceptors (Lipinski definition) is 10. The van der Waals surface area contributed by atoms with Gasteiger partial charge < -0.3 is 24.1 Å². The third kappa shape index (κ3) is 16.9. The van der Waals surface area contributed by atoms with Gasteiger partial charge in [-0.2, -0.15) is 0 Å². The topological polar surface area (TPSA) is 114 Å². The SMILES string of the molecule is CCCCCCCCCCCCCCCCSSCCOP(=O)(CO[C@H](C)Cn1cnc2c(N)ncnc21)OC(C)CC. The fraction of sp³-hybridized carbons (Fsp3) is 0.839. The highest BCUT2D eigenvalue weighted by molar-refractivity contribution is 8.76. The minimum absolute atomic E-state index is 0.0981. The Morgan fingerprint density at radius 3 is 2.07 bits per heavy atom. The summed E-state index contributed by atoms with van der Waals surface area (Å²) in [5, 5.41) is 0. The minimum Gasteiger partial charge on any atom is -0.382 e. The van der Waals surface area contributed by atoms with Gasteiger partial charge in [0, 0.05) is 11.5 Å². The summed E-state index contributed by atoms with van der Waals surface area (Å²) in [6.45, 7) is 8.94. The predicted octanol–water partition coefficient (Wildman–Crippen LogP) is 9.66. The molecule has 0 spiro atoms. The van der Waals surface area contributed by atoms with Crippen LogP contribution in [0.15, 0.2) is 12.7 Å². The van der Waals surface area contributed by atoms with Crippen molar-refractivity contribution >= 4 is 46.2 Å². The number of anilines is 1. The molecule has 12 heteroatoms. The van der Waals surface area contributed by atoms with Crippen molar-refractivity contribution in [3.63, 3.8) is 0 Å². The fourth-order valence-corrected chi connectivity index (χ4v) is 8.51. The van der Waals surface area contributed by atoms with Crippen LogP contribution in [0.1, 0.15) is 124 Å². The molecule has 0 fully saturated rings. The van der Waals surface area contributed by atoms with E-state index in [1.54, 1.807) is 17.1 Å². The highest BCUT2D eigenvalue weighted by Gasteiger charge is 2.28. The van der Waals surface area contributed by atoms with Crippen molar-refractivity contribution in [1.29, 1.82) is 0 Å². The van der Waals surface area contributed by atoms with Crippen LogP contribution in [0.4, 0.5) is 5.82 Å². The molecule has 0 aliphatic rings. The molecule has 0 saturated heterocycles. The molecule has 2 aromatic rings. The predicted molar refractivity (Wildman–Crippen MR) is 185 cm³/mol. The van der Waals surface area contributed by atoms with Crippen LogP contribution in [-0.2, 0) is 24.9 Å². The molecule has 2 heterocycles. The molecule has 2 N–H and O–H groups in total. The molecule has 2 unspecified atom stereocenters. The van der Waals surface area contributed by atoms with Crippen molar-refractivity contribution in [3.8, 4) is 0 Å². The average Bonchev–Trinajstić information content (AvgIpc) is 3.41. The Morgan fingerprint density at radius 2 is 1.44 bits per heavy atom. The average molecular weight is 660 g/mol. The first-order valence-corrected chi connectivity index (χ1v) is 20.8. The number of unbranched alkanes of at least 4 members (excludes halogenated alkanes) is 13. The Kier molecular flexibility index (Phi) is 20.9. The number of aromatic nitrogens is 4. The maximum Gasteiger partial charge on any atom is 0.356 e. The molecule has 0 bridgehead atoms. The van der Waals surface area contributed by atoms with Gasteiger partial charge in [-0.05, 0) is 26.7 Å². The second kappa shape index (κ2) is 23.5. The highest BCUT2D eigenvalue weighted by Crippen LogP contribution is 2.50. The van der Waals surface area contributed by atoms with E-state index in [9.17, 15) is 4.57 Å². The van der Waals surface area contributed by atoms with Crippen molar-refractivity contribution in [2.75, 3.05) is 30.2 Å². The summed E-state index contributed by atoms with van der Waals surface area (Å²) >= 11 is 0. The van der Waals surface area contributed by atoms with Crippen LogP contribution >= 0.6 is 29.2 Å². The molecular formula is C31H58N5O4PS2. The molecule has 0 aliphatic heterocycles. The number of nitrogen functional groups attached to an aromatic ring is 1. The van der Waals surface area contributed by atoms with Crippen LogP contribution in [-0.4, -0.2) is 56.2 Å². The Bertz CT molecular complexity index is 1030. The maximum atomic E-state index is 13.5. The van der Waals surface area contributed by atoms with Crippen molar-refractivity contribution in [2.24, 2.45) is 0 Å².